The van der Waals surface area contributed by atoms with Gasteiger partial charge in [-0.2, -0.15) is 0 Å². The highest BCUT2D eigenvalue weighted by atomic mass is 32.1. The molecule has 0 fully saturated rings. The van der Waals surface area contributed by atoms with Gasteiger partial charge in [-0.15, -0.1) is 11.3 Å². The van der Waals surface area contributed by atoms with Gasteiger partial charge in [-0.3, -0.25) is 0 Å². The Bertz CT molecular complexity index is 4090. The number of nitrogens with zero attached hydrogens (tertiary/aromatic N) is 1. The molecule has 14 rings (SSSR count). The average molecular weight is 834 g/mol. The summed E-state index contributed by atoms with van der Waals surface area (Å²) < 4.78 is 9.79. The summed E-state index contributed by atoms with van der Waals surface area (Å²) >= 11 is 1.87. The molecule has 11 aromatic carbocycles. The summed E-state index contributed by atoms with van der Waals surface area (Å²) in [4.78, 5) is 2.51. The first-order valence-electron chi connectivity index (χ1n) is 22.2. The van der Waals surface area contributed by atoms with E-state index in [-0.39, 0.29) is 5.41 Å². The van der Waals surface area contributed by atoms with Gasteiger partial charge < -0.3 is 9.32 Å². The summed E-state index contributed by atoms with van der Waals surface area (Å²) in [7, 11) is 0. The molecule has 0 bridgehead atoms. The summed E-state index contributed by atoms with van der Waals surface area (Å²) in [5.74, 6) is 0. The number of furan rings is 1. The molecule has 3 heteroatoms. The van der Waals surface area contributed by atoms with Crippen LogP contribution in [0.25, 0.3) is 107 Å². The van der Waals surface area contributed by atoms with E-state index in [9.17, 15) is 0 Å². The van der Waals surface area contributed by atoms with Gasteiger partial charge in [-0.1, -0.05) is 166 Å². The summed E-state index contributed by atoms with van der Waals surface area (Å²) in [6.45, 7) is 4.74. The second-order valence-electron chi connectivity index (χ2n) is 17.9. The lowest BCUT2D eigenvalue weighted by Crippen LogP contribution is -2.16. The maximum atomic E-state index is 7.24. The molecule has 1 aliphatic rings. The van der Waals surface area contributed by atoms with Crippen molar-refractivity contribution in [2.45, 2.75) is 19.3 Å². The van der Waals surface area contributed by atoms with Crippen LogP contribution in [-0.4, -0.2) is 0 Å². The van der Waals surface area contributed by atoms with Crippen LogP contribution in [0.4, 0.5) is 17.1 Å². The van der Waals surface area contributed by atoms with Crippen LogP contribution in [0.15, 0.2) is 205 Å². The fraction of sp³-hybridized carbons (Fsp3) is 0.0492. The highest BCUT2D eigenvalue weighted by Crippen LogP contribution is 2.54. The molecule has 2 nitrogen and oxygen atoms in total. The minimum absolute atomic E-state index is 0.156. The maximum absolute atomic E-state index is 7.24. The normalized spacial score (nSPS) is 13.3. The van der Waals surface area contributed by atoms with Crippen molar-refractivity contribution >= 4 is 114 Å². The van der Waals surface area contributed by atoms with Crippen LogP contribution < -0.4 is 4.90 Å². The molecular weight excluding hydrogens is 795 g/mol. The molecule has 2 heterocycles. The predicted octanol–water partition coefficient (Wildman–Crippen LogP) is 18.0. The monoisotopic (exact) mass is 833 g/mol. The van der Waals surface area contributed by atoms with E-state index in [4.69, 9.17) is 4.42 Å². The number of anilines is 3. The first-order chi connectivity index (χ1) is 31.5. The van der Waals surface area contributed by atoms with Crippen LogP contribution in [0, 0.1) is 0 Å². The molecule has 0 spiro atoms. The Hall–Kier alpha value is -7.72. The Balaban J connectivity index is 1.07. The number of rotatable bonds is 4. The quantitative estimate of drug-likeness (QED) is 0.164. The Morgan fingerprint density at radius 2 is 1.06 bits per heavy atom. The molecule has 0 unspecified atom stereocenters. The third kappa shape index (κ3) is 4.90. The Kier molecular flexibility index (Phi) is 7.36. The van der Waals surface area contributed by atoms with E-state index < -0.39 is 0 Å². The van der Waals surface area contributed by atoms with E-state index in [2.05, 4.69) is 219 Å². The van der Waals surface area contributed by atoms with Crippen LogP contribution in [-0.2, 0) is 5.41 Å². The minimum atomic E-state index is -0.156. The zero-order valence-electron chi connectivity index (χ0n) is 35.3. The molecule has 0 saturated heterocycles. The van der Waals surface area contributed by atoms with Gasteiger partial charge in [0.15, 0.2) is 0 Å². The second-order valence-corrected chi connectivity index (χ2v) is 19.0. The molecule has 0 saturated carbocycles. The summed E-state index contributed by atoms with van der Waals surface area (Å²) in [5, 5.41) is 14.7. The molecular formula is C61H39NOS. The number of hydrogen-bond acceptors (Lipinski definition) is 3. The van der Waals surface area contributed by atoms with E-state index in [1.165, 1.54) is 85.5 Å². The number of hydrogen-bond donors (Lipinski definition) is 0. The first kappa shape index (κ1) is 35.8. The Morgan fingerprint density at radius 3 is 1.88 bits per heavy atom. The summed E-state index contributed by atoms with van der Waals surface area (Å²) in [5.41, 5.74) is 12.6. The molecule has 2 aromatic heterocycles. The van der Waals surface area contributed by atoms with Gasteiger partial charge in [-0.05, 0) is 119 Å². The second kappa shape index (κ2) is 13.2. The van der Waals surface area contributed by atoms with Crippen molar-refractivity contribution in [1.29, 1.82) is 0 Å². The van der Waals surface area contributed by atoms with Gasteiger partial charge in [0.05, 0.1) is 21.5 Å². The summed E-state index contributed by atoms with van der Waals surface area (Å²) in [6.07, 6.45) is 0. The number of thiophene rings is 1. The highest BCUT2D eigenvalue weighted by Gasteiger charge is 2.36. The lowest BCUT2D eigenvalue weighted by Gasteiger charge is -2.29. The van der Waals surface area contributed by atoms with Crippen molar-refractivity contribution in [3.63, 3.8) is 0 Å². The molecule has 1 aliphatic carbocycles. The molecule has 64 heavy (non-hydrogen) atoms. The predicted molar refractivity (Wildman–Crippen MR) is 274 cm³/mol. The average Bonchev–Trinajstić information content (AvgIpc) is 3.99. The molecule has 13 aromatic rings. The molecule has 300 valence electrons. The Labute approximate surface area is 373 Å². The first-order valence-corrected chi connectivity index (χ1v) is 23.0. The van der Waals surface area contributed by atoms with E-state index >= 15 is 0 Å². The van der Waals surface area contributed by atoms with Crippen LogP contribution in [0.5, 0.6) is 0 Å². The van der Waals surface area contributed by atoms with Crippen LogP contribution in [0.3, 0.4) is 0 Å². The molecule has 0 N–H and O–H groups in total. The molecule has 0 aliphatic heterocycles. The van der Waals surface area contributed by atoms with E-state index in [0.717, 1.165) is 50.1 Å². The highest BCUT2D eigenvalue weighted by molar-refractivity contribution is 7.26. The van der Waals surface area contributed by atoms with Crippen molar-refractivity contribution in [1.82, 2.24) is 0 Å². The van der Waals surface area contributed by atoms with Gasteiger partial charge in [-0.25, -0.2) is 0 Å². The summed E-state index contributed by atoms with van der Waals surface area (Å²) in [6, 6.07) is 74.1. The zero-order chi connectivity index (χ0) is 42.3. The fourth-order valence-electron chi connectivity index (χ4n) is 11.3. The minimum Gasteiger partial charge on any atom is -0.455 e. The third-order valence-corrected chi connectivity index (χ3v) is 15.4. The lowest BCUT2D eigenvalue weighted by molar-refractivity contribution is 0.660. The van der Waals surface area contributed by atoms with E-state index in [0.29, 0.717) is 0 Å². The SMILES string of the molecule is CC1(C)c2ccccc2-c2ccc(N(c3cccc4c3sc3ccccc34)c3cccc4oc5c(-c6ccc7c8ccccc8c8ccccc8c7c6)c6ccccc6cc5c34)cc21. The standard InChI is InChI=1S/C61H39NOS/c1-61(2)51-24-11-9-21-45(51)46-32-30-38(35-52(46)61)62(54-26-13-23-48-47-22-10-12-28-56(47)64-60(48)54)53-25-14-27-55-58(53)50-33-36-15-3-4-16-39(36)57(59(50)63-55)37-29-31-44-42-19-6-5-17-40(42)41-18-7-8-20-43(41)49(44)34-37/h3-35H,1-2H3. The maximum Gasteiger partial charge on any atom is 0.143 e. The van der Waals surface area contributed by atoms with E-state index in [1.54, 1.807) is 0 Å². The molecule has 0 radical (unpaired) electrons. The van der Waals surface area contributed by atoms with Crippen molar-refractivity contribution in [2.24, 2.45) is 0 Å². The number of fused-ring (bicyclic) bond motifs is 16. The van der Waals surface area contributed by atoms with Gasteiger partial charge in [0.2, 0.25) is 0 Å². The smallest absolute Gasteiger partial charge is 0.143 e. The largest absolute Gasteiger partial charge is 0.455 e. The van der Waals surface area contributed by atoms with Gasteiger partial charge in [0, 0.05) is 37.5 Å². The van der Waals surface area contributed by atoms with E-state index in [1.807, 2.05) is 11.3 Å². The van der Waals surface area contributed by atoms with Crippen molar-refractivity contribution in [3.8, 4) is 22.3 Å². The third-order valence-electron chi connectivity index (χ3n) is 14.2. The lowest BCUT2D eigenvalue weighted by atomic mass is 9.82. The van der Waals surface area contributed by atoms with Crippen LogP contribution in [0.1, 0.15) is 25.0 Å². The number of benzene rings is 11. The van der Waals surface area contributed by atoms with Crippen molar-refractivity contribution in [2.75, 3.05) is 4.90 Å². The Morgan fingerprint density at radius 1 is 0.438 bits per heavy atom. The van der Waals surface area contributed by atoms with Gasteiger partial charge in [0.1, 0.15) is 11.2 Å². The van der Waals surface area contributed by atoms with Gasteiger partial charge in [0.25, 0.3) is 0 Å². The van der Waals surface area contributed by atoms with Crippen molar-refractivity contribution in [3.05, 3.63) is 211 Å². The van der Waals surface area contributed by atoms with Gasteiger partial charge >= 0.3 is 0 Å². The van der Waals surface area contributed by atoms with Crippen molar-refractivity contribution < 1.29 is 4.42 Å². The zero-order valence-corrected chi connectivity index (χ0v) is 36.1. The molecule has 0 amide bonds. The van der Waals surface area contributed by atoms with Crippen LogP contribution >= 0.6 is 11.3 Å². The topological polar surface area (TPSA) is 16.4 Å². The molecule has 0 atom stereocenters. The fourth-order valence-corrected chi connectivity index (χ4v) is 12.5. The van der Waals surface area contributed by atoms with Crippen LogP contribution in [0.2, 0.25) is 0 Å².